The van der Waals surface area contributed by atoms with Crippen molar-refractivity contribution in [3.63, 3.8) is 0 Å². The maximum absolute atomic E-state index is 15.5. The monoisotopic (exact) mass is 484 g/mol. The molecule has 1 fully saturated rings. The largest absolute Gasteiger partial charge is 0.378 e. The van der Waals surface area contributed by atoms with Crippen molar-refractivity contribution >= 4 is 28.2 Å². The predicted octanol–water partition coefficient (Wildman–Crippen LogP) is 5.50. The van der Waals surface area contributed by atoms with Gasteiger partial charge in [-0.3, -0.25) is 15.0 Å². The summed E-state index contributed by atoms with van der Waals surface area (Å²) in [5, 5.41) is 0.130. The minimum Gasteiger partial charge on any atom is -0.378 e. The zero-order valence-corrected chi connectivity index (χ0v) is 19.0. The van der Waals surface area contributed by atoms with E-state index in [9.17, 15) is 0 Å². The number of aromatic nitrogens is 3. The maximum Gasteiger partial charge on any atom is 0.172 e. The van der Waals surface area contributed by atoms with Crippen molar-refractivity contribution in [3.8, 4) is 11.1 Å². The summed E-state index contributed by atoms with van der Waals surface area (Å²) in [4.78, 5) is 14.4. The fourth-order valence-electron chi connectivity index (χ4n) is 4.23. The van der Waals surface area contributed by atoms with Crippen LogP contribution in [0.3, 0.4) is 0 Å². The number of fused-ring (bicyclic) bond motifs is 1. The molecule has 2 aromatic heterocycles. The van der Waals surface area contributed by atoms with Gasteiger partial charge in [0.15, 0.2) is 5.82 Å². The molecule has 0 spiro atoms. The van der Waals surface area contributed by atoms with E-state index >= 15 is 13.2 Å². The van der Waals surface area contributed by atoms with Gasteiger partial charge in [0.1, 0.15) is 17.2 Å². The zero-order valence-electron chi connectivity index (χ0n) is 18.3. The summed E-state index contributed by atoms with van der Waals surface area (Å²) in [7, 11) is 0. The summed E-state index contributed by atoms with van der Waals surface area (Å²) in [5.74, 6) is -1.97. The van der Waals surface area contributed by atoms with Crippen molar-refractivity contribution in [1.82, 2.24) is 15.0 Å². The Balaban J connectivity index is 1.64. The molecule has 0 bridgehead atoms. The summed E-state index contributed by atoms with van der Waals surface area (Å²) in [6.45, 7) is 3.56. The van der Waals surface area contributed by atoms with Crippen molar-refractivity contribution in [1.29, 1.82) is 0 Å². The third-order valence-corrected chi connectivity index (χ3v) is 6.36. The third-order valence-electron chi connectivity index (χ3n) is 6.00. The number of rotatable bonds is 4. The van der Waals surface area contributed by atoms with E-state index in [1.54, 1.807) is 23.4 Å². The molecular weight excluding hydrogens is 465 g/mol. The van der Waals surface area contributed by atoms with Gasteiger partial charge in [0.2, 0.25) is 0 Å². The molecule has 1 saturated heterocycles. The van der Waals surface area contributed by atoms with E-state index in [0.29, 0.717) is 44.0 Å². The smallest absolute Gasteiger partial charge is 0.172 e. The van der Waals surface area contributed by atoms with Crippen molar-refractivity contribution in [3.05, 3.63) is 82.3 Å². The van der Waals surface area contributed by atoms with Crippen LogP contribution in [0.25, 0.3) is 22.0 Å². The Kier molecular flexibility index (Phi) is 6.10. The SMILES string of the molecule is Cc1nccnc1Cc1cc(-c2ccnc3c(F)c(N4CCOCC4)cc(F)c23)c(F)cc1Cl. The first-order valence-corrected chi connectivity index (χ1v) is 11.2. The molecule has 5 rings (SSSR count). The molecule has 34 heavy (non-hydrogen) atoms. The lowest BCUT2D eigenvalue weighted by molar-refractivity contribution is 0.122. The third kappa shape index (κ3) is 4.08. The van der Waals surface area contributed by atoms with E-state index < -0.39 is 17.5 Å². The quantitative estimate of drug-likeness (QED) is 0.383. The van der Waals surface area contributed by atoms with Crippen molar-refractivity contribution < 1.29 is 17.9 Å². The fourth-order valence-corrected chi connectivity index (χ4v) is 4.45. The summed E-state index contributed by atoms with van der Waals surface area (Å²) in [6.07, 6.45) is 4.82. The molecule has 9 heteroatoms. The predicted molar refractivity (Wildman–Crippen MR) is 125 cm³/mol. The molecular formula is C25H20ClF3N4O. The van der Waals surface area contributed by atoms with Gasteiger partial charge in [0.25, 0.3) is 0 Å². The number of benzene rings is 2. The molecule has 0 radical (unpaired) electrons. The molecule has 0 unspecified atom stereocenters. The number of aryl methyl sites for hydroxylation is 1. The minimum absolute atomic E-state index is 0.0835. The lowest BCUT2D eigenvalue weighted by Crippen LogP contribution is -2.36. The Morgan fingerprint density at radius 2 is 1.71 bits per heavy atom. The van der Waals surface area contributed by atoms with E-state index in [-0.39, 0.29) is 32.7 Å². The minimum atomic E-state index is -0.679. The van der Waals surface area contributed by atoms with E-state index in [1.807, 2.05) is 6.92 Å². The van der Waals surface area contributed by atoms with Gasteiger partial charge in [-0.2, -0.15) is 0 Å². The molecule has 5 nitrogen and oxygen atoms in total. The Labute approximate surface area is 199 Å². The second-order valence-corrected chi connectivity index (χ2v) is 8.47. The lowest BCUT2D eigenvalue weighted by atomic mass is 9.96. The number of hydrogen-bond donors (Lipinski definition) is 0. The number of pyridine rings is 1. The Bertz CT molecular complexity index is 1390. The van der Waals surface area contributed by atoms with Crippen molar-refractivity contribution in [2.45, 2.75) is 13.3 Å². The van der Waals surface area contributed by atoms with Gasteiger partial charge in [-0.15, -0.1) is 0 Å². The van der Waals surface area contributed by atoms with Crippen LogP contribution in [0.2, 0.25) is 5.02 Å². The molecule has 0 amide bonds. The van der Waals surface area contributed by atoms with Crippen molar-refractivity contribution in [2.24, 2.45) is 0 Å². The van der Waals surface area contributed by atoms with Crippen LogP contribution in [-0.2, 0) is 11.2 Å². The van der Waals surface area contributed by atoms with Gasteiger partial charge >= 0.3 is 0 Å². The van der Waals surface area contributed by atoms with E-state index in [4.69, 9.17) is 16.3 Å². The van der Waals surface area contributed by atoms with E-state index in [2.05, 4.69) is 15.0 Å². The van der Waals surface area contributed by atoms with Crippen LogP contribution in [0.5, 0.6) is 0 Å². The average Bonchev–Trinajstić information content (AvgIpc) is 2.84. The average molecular weight is 485 g/mol. The fraction of sp³-hybridized carbons (Fsp3) is 0.240. The molecule has 0 N–H and O–H groups in total. The van der Waals surface area contributed by atoms with Gasteiger partial charge in [-0.05, 0) is 36.2 Å². The van der Waals surface area contributed by atoms with Crippen molar-refractivity contribution in [2.75, 3.05) is 31.2 Å². The van der Waals surface area contributed by atoms with E-state index in [0.717, 1.165) is 11.8 Å². The molecule has 0 saturated carbocycles. The Morgan fingerprint density at radius 1 is 0.941 bits per heavy atom. The number of hydrogen-bond acceptors (Lipinski definition) is 5. The summed E-state index contributed by atoms with van der Waals surface area (Å²) < 4.78 is 51.3. The van der Waals surface area contributed by atoms with Gasteiger partial charge in [0.05, 0.1) is 30.3 Å². The van der Waals surface area contributed by atoms with Gasteiger partial charge in [0, 0.05) is 60.1 Å². The molecule has 3 heterocycles. The molecule has 174 valence electrons. The molecule has 1 aliphatic rings. The normalized spacial score (nSPS) is 14.1. The first-order chi connectivity index (χ1) is 16.4. The summed E-state index contributed by atoms with van der Waals surface area (Å²) >= 11 is 6.32. The lowest BCUT2D eigenvalue weighted by Gasteiger charge is -2.29. The Morgan fingerprint density at radius 3 is 2.47 bits per heavy atom. The highest BCUT2D eigenvalue weighted by Crippen LogP contribution is 2.38. The van der Waals surface area contributed by atoms with Crippen LogP contribution in [0.4, 0.5) is 18.9 Å². The van der Waals surface area contributed by atoms with Crippen LogP contribution in [0, 0.1) is 24.4 Å². The molecule has 2 aromatic carbocycles. The molecule has 1 aliphatic heterocycles. The highest BCUT2D eigenvalue weighted by Gasteiger charge is 2.23. The summed E-state index contributed by atoms with van der Waals surface area (Å²) in [5.41, 5.74) is 2.27. The number of halogens is 4. The number of ether oxygens (including phenoxy) is 1. The van der Waals surface area contributed by atoms with Gasteiger partial charge in [-0.25, -0.2) is 13.2 Å². The van der Waals surface area contributed by atoms with E-state index in [1.165, 1.54) is 18.3 Å². The summed E-state index contributed by atoms with van der Waals surface area (Å²) in [6, 6.07) is 5.35. The molecule has 0 aliphatic carbocycles. The Hall–Kier alpha value is -3.23. The molecule has 4 aromatic rings. The topological polar surface area (TPSA) is 51.1 Å². The first kappa shape index (κ1) is 22.6. The van der Waals surface area contributed by atoms with Crippen LogP contribution in [-0.4, -0.2) is 41.3 Å². The number of morpholine rings is 1. The van der Waals surface area contributed by atoms with Gasteiger partial charge in [-0.1, -0.05) is 11.6 Å². The van der Waals surface area contributed by atoms with Crippen LogP contribution >= 0.6 is 11.6 Å². The number of nitrogens with zero attached hydrogens (tertiary/aromatic N) is 4. The molecule has 0 atom stereocenters. The highest BCUT2D eigenvalue weighted by atomic mass is 35.5. The second-order valence-electron chi connectivity index (χ2n) is 8.06. The zero-order chi connectivity index (χ0) is 23.8. The van der Waals surface area contributed by atoms with Crippen LogP contribution in [0.15, 0.2) is 42.9 Å². The van der Waals surface area contributed by atoms with Crippen LogP contribution < -0.4 is 4.90 Å². The maximum atomic E-state index is 15.5. The first-order valence-electron chi connectivity index (χ1n) is 10.8. The number of anilines is 1. The highest BCUT2D eigenvalue weighted by molar-refractivity contribution is 6.31. The van der Waals surface area contributed by atoms with Crippen LogP contribution in [0.1, 0.15) is 17.0 Å². The van der Waals surface area contributed by atoms with Gasteiger partial charge < -0.3 is 9.64 Å². The standard InChI is InChI=1S/C25H20ClF3N4O/c1-14-21(31-5-4-30-14)11-15-10-17(19(27)12-18(15)26)16-2-3-32-25-23(16)20(28)13-22(24(25)29)33-6-8-34-9-7-33/h2-5,10,12-13H,6-9,11H2,1H3. The second kappa shape index (κ2) is 9.19.